The lowest BCUT2D eigenvalue weighted by Gasteiger charge is -2.16. The van der Waals surface area contributed by atoms with Crippen molar-refractivity contribution in [2.24, 2.45) is 4.99 Å². The molecule has 0 aliphatic heterocycles. The van der Waals surface area contributed by atoms with Crippen LogP contribution in [0.4, 0.5) is 0 Å². The van der Waals surface area contributed by atoms with Crippen molar-refractivity contribution in [1.29, 1.82) is 0 Å². The van der Waals surface area contributed by atoms with Gasteiger partial charge in [-0.25, -0.2) is 4.99 Å². The van der Waals surface area contributed by atoms with E-state index in [0.717, 1.165) is 42.9 Å². The van der Waals surface area contributed by atoms with E-state index in [1.54, 1.807) is 11.8 Å². The first-order chi connectivity index (χ1) is 14.2. The van der Waals surface area contributed by atoms with Crippen LogP contribution in [0.15, 0.2) is 34.4 Å². The van der Waals surface area contributed by atoms with Gasteiger partial charge in [0, 0.05) is 25.6 Å². The fourth-order valence-corrected chi connectivity index (χ4v) is 4.50. The topological polar surface area (TPSA) is 67.1 Å². The second-order valence-corrected chi connectivity index (χ2v) is 8.40. The molecule has 0 saturated heterocycles. The van der Waals surface area contributed by atoms with E-state index in [2.05, 4.69) is 69.8 Å². The Kier molecular flexibility index (Phi) is 11.0. The largest absolute Gasteiger partial charge is 0.357 e. The minimum absolute atomic E-state index is 0. The molecule has 2 N–H and O–H groups in total. The fourth-order valence-electron chi connectivity index (χ4n) is 3.92. The quantitative estimate of drug-likeness (QED) is 0.158. The lowest BCUT2D eigenvalue weighted by molar-refractivity contribution is 0.460. The van der Waals surface area contributed by atoms with Gasteiger partial charge < -0.3 is 15.2 Å². The third-order valence-corrected chi connectivity index (χ3v) is 5.97. The molecule has 0 unspecified atom stereocenters. The minimum Gasteiger partial charge on any atom is -0.357 e. The number of rotatable bonds is 9. The van der Waals surface area contributed by atoms with Crippen LogP contribution in [0.1, 0.15) is 62.0 Å². The zero-order valence-electron chi connectivity index (χ0n) is 18.4. The second kappa shape index (κ2) is 13.2. The average Bonchev–Trinajstić information content (AvgIpc) is 3.38. The molecule has 3 rings (SSSR count). The number of guanidine groups is 1. The fraction of sp³-hybridized carbons (Fsp3) is 0.591. The van der Waals surface area contributed by atoms with Crippen molar-refractivity contribution in [1.82, 2.24) is 25.4 Å². The Morgan fingerprint density at radius 3 is 2.73 bits per heavy atom. The van der Waals surface area contributed by atoms with Crippen LogP contribution >= 0.6 is 35.7 Å². The first-order valence-electron chi connectivity index (χ1n) is 10.8. The number of aromatic nitrogens is 3. The van der Waals surface area contributed by atoms with Gasteiger partial charge in [-0.05, 0) is 44.9 Å². The molecule has 1 aliphatic carbocycles. The summed E-state index contributed by atoms with van der Waals surface area (Å²) in [4.78, 5) is 4.73. The number of benzene rings is 1. The summed E-state index contributed by atoms with van der Waals surface area (Å²) in [7, 11) is 0. The lowest BCUT2D eigenvalue weighted by Crippen LogP contribution is -2.37. The van der Waals surface area contributed by atoms with E-state index in [9.17, 15) is 0 Å². The van der Waals surface area contributed by atoms with Gasteiger partial charge in [0.1, 0.15) is 5.82 Å². The van der Waals surface area contributed by atoms with Gasteiger partial charge in [0.25, 0.3) is 0 Å². The van der Waals surface area contributed by atoms with Crippen molar-refractivity contribution >= 4 is 41.7 Å². The summed E-state index contributed by atoms with van der Waals surface area (Å²) in [5.74, 6) is 2.00. The first-order valence-corrected chi connectivity index (χ1v) is 12.0. The molecule has 30 heavy (non-hydrogen) atoms. The van der Waals surface area contributed by atoms with Gasteiger partial charge in [-0.1, -0.05) is 54.4 Å². The number of nitrogens with one attached hydrogen (secondary N) is 2. The predicted octanol–water partition coefficient (Wildman–Crippen LogP) is 4.73. The van der Waals surface area contributed by atoms with Gasteiger partial charge in [0.15, 0.2) is 11.1 Å². The van der Waals surface area contributed by atoms with E-state index in [-0.39, 0.29) is 24.0 Å². The Balaban J connectivity index is 0.00000320. The van der Waals surface area contributed by atoms with E-state index in [1.165, 1.54) is 36.8 Å². The molecule has 2 aromatic rings. The Bertz CT molecular complexity index is 801. The molecule has 166 valence electrons. The predicted molar refractivity (Wildman–Crippen MR) is 137 cm³/mol. The third-order valence-electron chi connectivity index (χ3n) is 5.32. The molecule has 0 bridgehead atoms. The molecule has 1 aliphatic rings. The molecule has 1 aromatic heterocycles. The maximum Gasteiger partial charge on any atom is 0.191 e. The van der Waals surface area contributed by atoms with Crippen LogP contribution in [0, 0.1) is 6.92 Å². The van der Waals surface area contributed by atoms with Crippen LogP contribution in [-0.4, -0.2) is 40.1 Å². The summed E-state index contributed by atoms with van der Waals surface area (Å²) < 4.78 is 2.40. The smallest absolute Gasteiger partial charge is 0.191 e. The zero-order chi connectivity index (χ0) is 20.5. The molecular weight excluding hydrogens is 507 g/mol. The number of aliphatic imine (C=N–C) groups is 1. The highest BCUT2D eigenvalue weighted by atomic mass is 127. The second-order valence-electron chi connectivity index (χ2n) is 7.63. The van der Waals surface area contributed by atoms with E-state index in [0.29, 0.717) is 12.6 Å². The summed E-state index contributed by atoms with van der Waals surface area (Å²) in [6, 6.07) is 9.10. The van der Waals surface area contributed by atoms with E-state index in [1.807, 2.05) is 0 Å². The van der Waals surface area contributed by atoms with Crippen molar-refractivity contribution in [3.63, 3.8) is 0 Å². The van der Waals surface area contributed by atoms with Crippen molar-refractivity contribution in [2.75, 3.05) is 19.3 Å². The SMILES string of the molecule is CCNC(=NCc1cccc(C)c1)NCCCc1nnc(SC)n1C1CCCC1.I. The number of nitrogens with zero attached hydrogens (tertiary/aromatic N) is 4. The third kappa shape index (κ3) is 7.14. The van der Waals surface area contributed by atoms with E-state index < -0.39 is 0 Å². The van der Waals surface area contributed by atoms with Crippen LogP contribution in [0.2, 0.25) is 0 Å². The normalized spacial score (nSPS) is 14.6. The van der Waals surface area contributed by atoms with Crippen LogP contribution < -0.4 is 10.6 Å². The van der Waals surface area contributed by atoms with Crippen molar-refractivity contribution in [3.8, 4) is 0 Å². The standard InChI is InChI=1S/C22H34N6S.HI/c1-4-23-21(25-16-18-10-7-9-17(2)15-18)24-14-8-13-20-26-27-22(29-3)28(20)19-11-5-6-12-19;/h7,9-10,15,19H,4-6,8,11-14,16H2,1-3H3,(H2,23,24,25);1H. The molecule has 1 heterocycles. The molecule has 6 nitrogen and oxygen atoms in total. The average molecular weight is 543 g/mol. The van der Waals surface area contributed by atoms with Crippen LogP contribution in [-0.2, 0) is 13.0 Å². The number of thioether (sulfide) groups is 1. The Hall–Kier alpha value is -1.29. The highest BCUT2D eigenvalue weighted by Crippen LogP contribution is 2.33. The van der Waals surface area contributed by atoms with Gasteiger partial charge >= 0.3 is 0 Å². The summed E-state index contributed by atoms with van der Waals surface area (Å²) in [5, 5.41) is 16.8. The Labute approximate surface area is 202 Å². The molecule has 1 fully saturated rings. The van der Waals surface area contributed by atoms with Crippen LogP contribution in [0.25, 0.3) is 0 Å². The van der Waals surface area contributed by atoms with E-state index >= 15 is 0 Å². The summed E-state index contributed by atoms with van der Waals surface area (Å²) in [6.07, 6.45) is 9.19. The van der Waals surface area contributed by atoms with Gasteiger partial charge in [-0.15, -0.1) is 34.2 Å². The summed E-state index contributed by atoms with van der Waals surface area (Å²) in [6.45, 7) is 6.62. The highest BCUT2D eigenvalue weighted by molar-refractivity contribution is 14.0. The molecular formula is C22H35IN6S. The number of halogens is 1. The van der Waals surface area contributed by atoms with Crippen molar-refractivity contribution in [3.05, 3.63) is 41.2 Å². The van der Waals surface area contributed by atoms with Gasteiger partial charge in [0.05, 0.1) is 6.54 Å². The molecule has 0 radical (unpaired) electrons. The molecule has 0 amide bonds. The first kappa shape index (κ1) is 25.0. The van der Waals surface area contributed by atoms with Crippen molar-refractivity contribution < 1.29 is 0 Å². The number of hydrogen-bond acceptors (Lipinski definition) is 4. The van der Waals surface area contributed by atoms with Crippen LogP contribution in [0.5, 0.6) is 0 Å². The molecule has 0 atom stereocenters. The molecule has 8 heteroatoms. The van der Waals surface area contributed by atoms with Gasteiger partial charge in [-0.2, -0.15) is 0 Å². The van der Waals surface area contributed by atoms with Crippen LogP contribution in [0.3, 0.4) is 0 Å². The molecule has 1 saturated carbocycles. The number of aryl methyl sites for hydroxylation is 2. The van der Waals surface area contributed by atoms with Gasteiger partial charge in [0.2, 0.25) is 0 Å². The highest BCUT2D eigenvalue weighted by Gasteiger charge is 2.23. The Morgan fingerprint density at radius 2 is 2.03 bits per heavy atom. The maximum absolute atomic E-state index is 4.73. The zero-order valence-corrected chi connectivity index (χ0v) is 21.5. The lowest BCUT2D eigenvalue weighted by atomic mass is 10.1. The molecule has 1 aromatic carbocycles. The molecule has 0 spiro atoms. The summed E-state index contributed by atoms with van der Waals surface area (Å²) in [5.41, 5.74) is 2.50. The van der Waals surface area contributed by atoms with Gasteiger partial charge in [-0.3, -0.25) is 0 Å². The monoisotopic (exact) mass is 542 g/mol. The van der Waals surface area contributed by atoms with Crippen molar-refractivity contribution in [2.45, 2.75) is 70.1 Å². The maximum atomic E-state index is 4.73. The summed E-state index contributed by atoms with van der Waals surface area (Å²) >= 11 is 1.70. The Morgan fingerprint density at radius 1 is 1.23 bits per heavy atom. The number of hydrogen-bond donors (Lipinski definition) is 2. The minimum atomic E-state index is 0. The van der Waals surface area contributed by atoms with E-state index in [4.69, 9.17) is 4.99 Å².